The van der Waals surface area contributed by atoms with Crippen LogP contribution in [0.15, 0.2) is 28.7 Å². The Kier molecular flexibility index (Phi) is 4.46. The number of aryl methyl sites for hydroxylation is 1. The maximum atomic E-state index is 12.7. The number of rotatable bonds is 5. The molecule has 1 N–H and O–H groups in total. The summed E-state index contributed by atoms with van der Waals surface area (Å²) >= 11 is 0. The largest absolute Gasteiger partial charge is 0.403 e. The summed E-state index contributed by atoms with van der Waals surface area (Å²) in [5, 5.41) is 10.6. The zero-order valence-electron chi connectivity index (χ0n) is 13.4. The zero-order chi connectivity index (χ0) is 17.3. The molecule has 3 rings (SSSR count). The highest BCUT2D eigenvalue weighted by Gasteiger charge is 2.40. The average molecular weight is 336 g/mol. The summed E-state index contributed by atoms with van der Waals surface area (Å²) in [6.45, 7) is 3.90. The first kappa shape index (κ1) is 16.4. The van der Waals surface area contributed by atoms with Crippen LogP contribution >= 0.6 is 0 Å². The molecule has 2 heterocycles. The summed E-state index contributed by atoms with van der Waals surface area (Å²) in [4.78, 5) is 13.4. The van der Waals surface area contributed by atoms with Crippen molar-refractivity contribution < 1.29 is 18.0 Å². The Morgan fingerprint density at radius 2 is 2.04 bits per heavy atom. The van der Waals surface area contributed by atoms with Crippen LogP contribution in [0.2, 0.25) is 0 Å². The number of likely N-dealkylation sites (tertiary alicyclic amines) is 1. The van der Waals surface area contributed by atoms with E-state index in [1.165, 1.54) is 4.90 Å². The number of halogens is 2. The van der Waals surface area contributed by atoms with Gasteiger partial charge in [0.15, 0.2) is 0 Å². The topological polar surface area (TPSA) is 71.3 Å². The maximum absolute atomic E-state index is 12.7. The molecule has 1 amide bonds. The smallest absolute Gasteiger partial charge is 0.316 e. The van der Waals surface area contributed by atoms with Crippen molar-refractivity contribution in [2.24, 2.45) is 0 Å². The van der Waals surface area contributed by atoms with E-state index in [2.05, 4.69) is 15.5 Å². The summed E-state index contributed by atoms with van der Waals surface area (Å²) in [6, 6.07) is 5.93. The Balaban J connectivity index is 1.64. The van der Waals surface area contributed by atoms with Gasteiger partial charge < -0.3 is 14.6 Å². The number of benzene rings is 1. The van der Waals surface area contributed by atoms with Gasteiger partial charge in [-0.15, -0.1) is 5.10 Å². The molecule has 1 aromatic heterocycles. The normalized spacial score (nSPS) is 18.4. The minimum atomic E-state index is -2.52. The molecule has 2 aromatic rings. The molecule has 6 nitrogen and oxygen atoms in total. The third-order valence-corrected chi connectivity index (χ3v) is 4.07. The Hall–Kier alpha value is -2.51. The third-order valence-electron chi connectivity index (χ3n) is 4.07. The van der Waals surface area contributed by atoms with Gasteiger partial charge in [-0.1, -0.05) is 22.8 Å². The lowest BCUT2D eigenvalue weighted by Gasteiger charge is -2.41. The maximum Gasteiger partial charge on any atom is 0.316 e. The summed E-state index contributed by atoms with van der Waals surface area (Å²) in [7, 11) is 0. The van der Waals surface area contributed by atoms with E-state index < -0.39 is 24.4 Å². The van der Waals surface area contributed by atoms with Crippen LogP contribution in [0, 0.1) is 6.92 Å². The van der Waals surface area contributed by atoms with Gasteiger partial charge in [0, 0.05) is 12.1 Å². The number of nitrogens with one attached hydrogen (secondary N) is 1. The Morgan fingerprint density at radius 3 is 2.62 bits per heavy atom. The highest BCUT2D eigenvalue weighted by molar-refractivity contribution is 5.84. The molecule has 0 unspecified atom stereocenters. The molecule has 8 heteroatoms. The van der Waals surface area contributed by atoms with Gasteiger partial charge in [0.2, 0.25) is 11.8 Å². The number of aromatic nitrogens is 2. The molecule has 1 saturated heterocycles. The van der Waals surface area contributed by atoms with Crippen molar-refractivity contribution in [1.29, 1.82) is 0 Å². The monoisotopic (exact) mass is 336 g/mol. The number of anilines is 1. The molecule has 24 heavy (non-hydrogen) atoms. The Bertz CT molecular complexity index is 717. The molecule has 1 aromatic carbocycles. The van der Waals surface area contributed by atoms with Crippen molar-refractivity contribution in [1.82, 2.24) is 15.1 Å². The van der Waals surface area contributed by atoms with Crippen molar-refractivity contribution in [3.63, 3.8) is 0 Å². The van der Waals surface area contributed by atoms with Gasteiger partial charge in [-0.25, -0.2) is 8.78 Å². The SMILES string of the molecule is Cc1ccc(-c2nnc(N[C@H](C)C(=O)N3CC[C@@H]3C(F)F)o2)cc1. The molecule has 0 spiro atoms. The minimum Gasteiger partial charge on any atom is -0.403 e. The van der Waals surface area contributed by atoms with Crippen LogP contribution in [0.3, 0.4) is 0 Å². The average Bonchev–Trinajstić information content (AvgIpc) is 2.94. The van der Waals surface area contributed by atoms with Gasteiger partial charge in [-0.3, -0.25) is 4.79 Å². The van der Waals surface area contributed by atoms with E-state index in [1.54, 1.807) is 6.92 Å². The molecule has 0 bridgehead atoms. The van der Waals surface area contributed by atoms with Crippen molar-refractivity contribution >= 4 is 11.9 Å². The van der Waals surface area contributed by atoms with E-state index in [1.807, 2.05) is 31.2 Å². The predicted molar refractivity (Wildman–Crippen MR) is 83.7 cm³/mol. The lowest BCUT2D eigenvalue weighted by atomic mass is 10.0. The predicted octanol–water partition coefficient (Wildman–Crippen LogP) is 2.71. The van der Waals surface area contributed by atoms with Crippen LogP contribution < -0.4 is 5.32 Å². The first-order chi connectivity index (χ1) is 11.5. The van der Waals surface area contributed by atoms with E-state index in [0.717, 1.165) is 11.1 Å². The highest BCUT2D eigenvalue weighted by Crippen LogP contribution is 2.25. The number of carbonyl (C=O) groups excluding carboxylic acids is 1. The fourth-order valence-electron chi connectivity index (χ4n) is 2.53. The lowest BCUT2D eigenvalue weighted by molar-refractivity contribution is -0.146. The lowest BCUT2D eigenvalue weighted by Crippen LogP contribution is -2.58. The summed E-state index contributed by atoms with van der Waals surface area (Å²) < 4.78 is 31.0. The summed E-state index contributed by atoms with van der Waals surface area (Å²) in [5.74, 6) is -0.0757. The van der Waals surface area contributed by atoms with Crippen LogP contribution in [0.5, 0.6) is 0 Å². The molecular weight excluding hydrogens is 318 g/mol. The second kappa shape index (κ2) is 6.54. The molecule has 1 aliphatic heterocycles. The number of amides is 1. The van der Waals surface area contributed by atoms with E-state index in [9.17, 15) is 13.6 Å². The molecule has 1 aliphatic rings. The standard InChI is InChI=1S/C16H18F2N4O2/c1-9-3-5-11(6-4-9)14-20-21-16(24-14)19-10(2)15(23)22-8-7-12(22)13(17)18/h3-6,10,12-13H,7-8H2,1-2H3,(H,19,21)/t10-,12-/m1/s1. The Morgan fingerprint density at radius 1 is 1.33 bits per heavy atom. The van der Waals surface area contributed by atoms with Crippen LogP contribution in [0.4, 0.5) is 14.8 Å². The van der Waals surface area contributed by atoms with Gasteiger partial charge in [0.05, 0.1) is 6.04 Å². The van der Waals surface area contributed by atoms with Crippen LogP contribution in [0.1, 0.15) is 18.9 Å². The van der Waals surface area contributed by atoms with E-state index in [0.29, 0.717) is 18.9 Å². The van der Waals surface area contributed by atoms with Crippen LogP contribution in [0.25, 0.3) is 11.5 Å². The molecule has 0 saturated carbocycles. The molecule has 0 radical (unpaired) electrons. The van der Waals surface area contributed by atoms with Gasteiger partial charge in [-0.05, 0) is 32.4 Å². The Labute approximate surface area is 137 Å². The second-order valence-electron chi connectivity index (χ2n) is 5.87. The van der Waals surface area contributed by atoms with Crippen molar-refractivity contribution in [2.75, 3.05) is 11.9 Å². The third kappa shape index (κ3) is 3.22. The van der Waals surface area contributed by atoms with E-state index in [4.69, 9.17) is 4.42 Å². The number of hydrogen-bond acceptors (Lipinski definition) is 5. The quantitative estimate of drug-likeness (QED) is 0.909. The first-order valence-electron chi connectivity index (χ1n) is 7.71. The van der Waals surface area contributed by atoms with Crippen molar-refractivity contribution in [2.45, 2.75) is 38.8 Å². The second-order valence-corrected chi connectivity index (χ2v) is 5.87. The minimum absolute atomic E-state index is 0.0838. The molecule has 1 fully saturated rings. The van der Waals surface area contributed by atoms with E-state index in [-0.39, 0.29) is 6.01 Å². The number of hydrogen-bond donors (Lipinski definition) is 1. The molecule has 128 valence electrons. The van der Waals surface area contributed by atoms with Gasteiger partial charge in [0.1, 0.15) is 6.04 Å². The highest BCUT2D eigenvalue weighted by atomic mass is 19.3. The number of carbonyl (C=O) groups is 1. The fraction of sp³-hybridized carbons (Fsp3) is 0.438. The van der Waals surface area contributed by atoms with Crippen LogP contribution in [-0.4, -0.2) is 46.1 Å². The summed E-state index contributed by atoms with van der Waals surface area (Å²) in [6.07, 6.45) is -2.19. The first-order valence-corrected chi connectivity index (χ1v) is 7.71. The summed E-state index contributed by atoms with van der Waals surface area (Å²) in [5.41, 5.74) is 1.87. The molecule has 2 atom stereocenters. The number of alkyl halides is 2. The zero-order valence-corrected chi connectivity index (χ0v) is 13.4. The van der Waals surface area contributed by atoms with Gasteiger partial charge in [0.25, 0.3) is 6.43 Å². The number of nitrogens with zero attached hydrogens (tertiary/aromatic N) is 3. The van der Waals surface area contributed by atoms with E-state index >= 15 is 0 Å². The fourth-order valence-corrected chi connectivity index (χ4v) is 2.53. The molecule has 0 aliphatic carbocycles. The van der Waals surface area contributed by atoms with Gasteiger partial charge >= 0.3 is 6.01 Å². The molecular formula is C16H18F2N4O2. The van der Waals surface area contributed by atoms with Crippen molar-refractivity contribution in [3.8, 4) is 11.5 Å². The van der Waals surface area contributed by atoms with Crippen molar-refractivity contribution in [3.05, 3.63) is 29.8 Å². The van der Waals surface area contributed by atoms with Gasteiger partial charge in [-0.2, -0.15) is 0 Å². The van der Waals surface area contributed by atoms with Crippen LogP contribution in [-0.2, 0) is 4.79 Å².